The van der Waals surface area contributed by atoms with Gasteiger partial charge in [-0.25, -0.2) is 4.79 Å². The predicted octanol–water partition coefficient (Wildman–Crippen LogP) is 1.40. The van der Waals surface area contributed by atoms with Gasteiger partial charge >= 0.3 is 5.69 Å². The molecule has 0 amide bonds. The van der Waals surface area contributed by atoms with Gasteiger partial charge in [-0.15, -0.1) is 11.8 Å². The summed E-state index contributed by atoms with van der Waals surface area (Å²) in [6.07, 6.45) is 1.41. The standard InChI is InChI=1S/C14H17N3O2S/c1-2-16-10-12(15)13(18)17(14(16)19)8-9-20-11-6-4-3-5-7-11/h3-7,10H,2,8-9,15H2,1H3. The molecule has 2 rings (SSSR count). The Morgan fingerprint density at radius 1 is 1.20 bits per heavy atom. The van der Waals surface area contributed by atoms with E-state index in [1.54, 1.807) is 11.8 Å². The van der Waals surface area contributed by atoms with Crippen molar-refractivity contribution in [1.82, 2.24) is 9.13 Å². The van der Waals surface area contributed by atoms with E-state index in [0.717, 1.165) is 4.90 Å². The van der Waals surface area contributed by atoms with Crippen molar-refractivity contribution in [2.45, 2.75) is 24.9 Å². The fourth-order valence-electron chi connectivity index (χ4n) is 1.87. The third kappa shape index (κ3) is 3.14. The summed E-state index contributed by atoms with van der Waals surface area (Å²) in [5, 5.41) is 0. The molecule has 0 radical (unpaired) electrons. The summed E-state index contributed by atoms with van der Waals surface area (Å²) in [5.41, 5.74) is 5.04. The molecule has 2 N–H and O–H groups in total. The van der Waals surface area contributed by atoms with Crippen molar-refractivity contribution in [3.05, 3.63) is 57.4 Å². The van der Waals surface area contributed by atoms with Crippen molar-refractivity contribution >= 4 is 17.4 Å². The first-order chi connectivity index (χ1) is 9.63. The first-order valence-electron chi connectivity index (χ1n) is 6.41. The van der Waals surface area contributed by atoms with Gasteiger partial charge in [-0.1, -0.05) is 18.2 Å². The molecule has 1 heterocycles. The highest BCUT2D eigenvalue weighted by atomic mass is 32.2. The lowest BCUT2D eigenvalue weighted by Crippen LogP contribution is -2.40. The zero-order valence-corrected chi connectivity index (χ0v) is 12.1. The van der Waals surface area contributed by atoms with E-state index in [9.17, 15) is 9.59 Å². The summed E-state index contributed by atoms with van der Waals surface area (Å²) in [5.74, 6) is 0.645. The zero-order chi connectivity index (χ0) is 14.5. The van der Waals surface area contributed by atoms with Crippen LogP contribution in [0.4, 0.5) is 5.69 Å². The smallest absolute Gasteiger partial charge is 0.331 e. The van der Waals surface area contributed by atoms with Gasteiger partial charge in [0.05, 0.1) is 0 Å². The number of aryl methyl sites for hydroxylation is 1. The molecule has 0 atom stereocenters. The Balaban J connectivity index is 2.16. The molecule has 0 aliphatic rings. The molecule has 0 aliphatic carbocycles. The second-order valence-corrected chi connectivity index (χ2v) is 5.44. The molecule has 5 nitrogen and oxygen atoms in total. The SMILES string of the molecule is CCn1cc(N)c(=O)n(CCSc2ccccc2)c1=O. The molecule has 0 spiro atoms. The van der Waals surface area contributed by atoms with Gasteiger partial charge in [0, 0.05) is 29.9 Å². The van der Waals surface area contributed by atoms with Crippen molar-refractivity contribution in [3.8, 4) is 0 Å². The summed E-state index contributed by atoms with van der Waals surface area (Å²) in [6.45, 7) is 2.69. The van der Waals surface area contributed by atoms with E-state index in [4.69, 9.17) is 5.73 Å². The number of nitrogens with two attached hydrogens (primary N) is 1. The summed E-state index contributed by atoms with van der Waals surface area (Å²) in [6, 6.07) is 9.86. The van der Waals surface area contributed by atoms with Crippen molar-refractivity contribution < 1.29 is 0 Å². The summed E-state index contributed by atoms with van der Waals surface area (Å²) in [4.78, 5) is 25.1. The number of rotatable bonds is 5. The average Bonchev–Trinajstić information content (AvgIpc) is 2.47. The van der Waals surface area contributed by atoms with Crippen molar-refractivity contribution in [1.29, 1.82) is 0 Å². The number of hydrogen-bond acceptors (Lipinski definition) is 4. The molecule has 20 heavy (non-hydrogen) atoms. The van der Waals surface area contributed by atoms with E-state index in [1.807, 2.05) is 37.3 Å². The molecule has 0 unspecified atom stereocenters. The van der Waals surface area contributed by atoms with Gasteiger partial charge in [0.25, 0.3) is 5.56 Å². The molecule has 0 bridgehead atoms. The van der Waals surface area contributed by atoms with Crippen molar-refractivity contribution in [2.24, 2.45) is 0 Å². The highest BCUT2D eigenvalue weighted by molar-refractivity contribution is 7.99. The second-order valence-electron chi connectivity index (χ2n) is 4.27. The van der Waals surface area contributed by atoms with Gasteiger partial charge in [-0.05, 0) is 19.1 Å². The molecule has 0 aliphatic heterocycles. The minimum Gasteiger partial charge on any atom is -0.393 e. The topological polar surface area (TPSA) is 70.0 Å². The lowest BCUT2D eigenvalue weighted by molar-refractivity contribution is 0.594. The minimum atomic E-state index is -0.409. The van der Waals surface area contributed by atoms with Gasteiger partial charge in [-0.2, -0.15) is 0 Å². The molecule has 106 valence electrons. The number of anilines is 1. The van der Waals surface area contributed by atoms with Crippen molar-refractivity contribution in [3.63, 3.8) is 0 Å². The normalized spacial score (nSPS) is 10.7. The monoisotopic (exact) mass is 291 g/mol. The molecule has 0 saturated heterocycles. The van der Waals surface area contributed by atoms with E-state index >= 15 is 0 Å². The summed E-state index contributed by atoms with van der Waals surface area (Å²) < 4.78 is 2.65. The average molecular weight is 291 g/mol. The third-order valence-corrected chi connectivity index (χ3v) is 3.92. The van der Waals surface area contributed by atoms with Gasteiger partial charge in [0.1, 0.15) is 5.69 Å². The lowest BCUT2D eigenvalue weighted by atomic mass is 10.4. The maximum absolute atomic E-state index is 12.1. The number of aromatic nitrogens is 2. The van der Waals surface area contributed by atoms with Crippen LogP contribution in [0.3, 0.4) is 0 Å². The fraction of sp³-hybridized carbons (Fsp3) is 0.286. The molecular formula is C14H17N3O2S. The Hall–Kier alpha value is -1.95. The van der Waals surface area contributed by atoms with Crippen LogP contribution in [0.2, 0.25) is 0 Å². The van der Waals surface area contributed by atoms with Crippen LogP contribution in [0.25, 0.3) is 0 Å². The zero-order valence-electron chi connectivity index (χ0n) is 11.3. The van der Waals surface area contributed by atoms with Crippen LogP contribution >= 0.6 is 11.8 Å². The first kappa shape index (κ1) is 14.5. The van der Waals surface area contributed by atoms with E-state index in [0.29, 0.717) is 18.8 Å². The Morgan fingerprint density at radius 3 is 2.55 bits per heavy atom. The lowest BCUT2D eigenvalue weighted by Gasteiger charge is -2.09. The maximum atomic E-state index is 12.1. The predicted molar refractivity (Wildman–Crippen MR) is 82.2 cm³/mol. The quantitative estimate of drug-likeness (QED) is 0.846. The molecule has 0 fully saturated rings. The van der Waals surface area contributed by atoms with E-state index in [1.165, 1.54) is 15.3 Å². The molecule has 0 saturated carbocycles. The van der Waals surface area contributed by atoms with Gasteiger partial charge < -0.3 is 5.73 Å². The molecule has 1 aromatic carbocycles. The molecule has 6 heteroatoms. The minimum absolute atomic E-state index is 0.108. The molecule has 2 aromatic rings. The van der Waals surface area contributed by atoms with Crippen LogP contribution in [0.5, 0.6) is 0 Å². The number of nitrogen functional groups attached to an aromatic ring is 1. The van der Waals surface area contributed by atoms with E-state index in [-0.39, 0.29) is 11.4 Å². The van der Waals surface area contributed by atoms with Crippen LogP contribution in [-0.2, 0) is 13.1 Å². The Kier molecular flexibility index (Phi) is 4.68. The van der Waals surface area contributed by atoms with Gasteiger partial charge in [0.15, 0.2) is 0 Å². The molecule has 1 aromatic heterocycles. The number of hydrogen-bond donors (Lipinski definition) is 1. The first-order valence-corrected chi connectivity index (χ1v) is 7.39. The van der Waals surface area contributed by atoms with Crippen LogP contribution in [0.15, 0.2) is 51.0 Å². The highest BCUT2D eigenvalue weighted by Crippen LogP contribution is 2.16. The summed E-state index contributed by atoms with van der Waals surface area (Å²) >= 11 is 1.60. The number of thioether (sulfide) groups is 1. The van der Waals surface area contributed by atoms with Gasteiger partial charge in [-0.3, -0.25) is 13.9 Å². The van der Waals surface area contributed by atoms with Crippen LogP contribution in [0, 0.1) is 0 Å². The molecular weight excluding hydrogens is 274 g/mol. The van der Waals surface area contributed by atoms with Crippen LogP contribution in [-0.4, -0.2) is 14.9 Å². The highest BCUT2D eigenvalue weighted by Gasteiger charge is 2.08. The second kappa shape index (κ2) is 6.47. The van der Waals surface area contributed by atoms with E-state index < -0.39 is 5.56 Å². The third-order valence-electron chi connectivity index (χ3n) is 2.93. The van der Waals surface area contributed by atoms with Crippen LogP contribution in [0.1, 0.15) is 6.92 Å². The Morgan fingerprint density at radius 2 is 1.90 bits per heavy atom. The van der Waals surface area contributed by atoms with Crippen molar-refractivity contribution in [2.75, 3.05) is 11.5 Å². The number of benzene rings is 1. The number of nitrogens with zero attached hydrogens (tertiary/aromatic N) is 2. The Bertz CT molecular complexity index is 692. The Labute approximate surface area is 121 Å². The maximum Gasteiger partial charge on any atom is 0.331 e. The van der Waals surface area contributed by atoms with Gasteiger partial charge in [0.2, 0.25) is 0 Å². The fourth-order valence-corrected chi connectivity index (χ4v) is 2.73. The van der Waals surface area contributed by atoms with E-state index in [2.05, 4.69) is 0 Å². The summed E-state index contributed by atoms with van der Waals surface area (Å²) in [7, 11) is 0. The largest absolute Gasteiger partial charge is 0.393 e. The van der Waals surface area contributed by atoms with Crippen LogP contribution < -0.4 is 17.0 Å².